The van der Waals surface area contributed by atoms with Crippen LogP contribution in [0.25, 0.3) is 11.1 Å². The molecule has 21 heavy (non-hydrogen) atoms. The number of pyridine rings is 1. The molecular formula is C16H15N3O2. The quantitative estimate of drug-likeness (QED) is 0.739. The van der Waals surface area contributed by atoms with Crippen LogP contribution in [0, 0.1) is 0 Å². The van der Waals surface area contributed by atoms with Crippen molar-refractivity contribution >= 4 is 17.1 Å². The Labute approximate surface area is 122 Å². The molecule has 1 fully saturated rings. The maximum absolute atomic E-state index is 5.93. The Balaban J connectivity index is 1.48. The molecule has 1 aromatic carbocycles. The Morgan fingerprint density at radius 3 is 3.00 bits per heavy atom. The third kappa shape index (κ3) is 2.42. The van der Waals surface area contributed by atoms with Crippen LogP contribution in [0.2, 0.25) is 0 Å². The van der Waals surface area contributed by atoms with Crippen molar-refractivity contribution in [2.45, 2.75) is 12.5 Å². The molecule has 106 valence electrons. The molecule has 2 aromatic heterocycles. The van der Waals surface area contributed by atoms with Gasteiger partial charge in [-0.2, -0.15) is 4.98 Å². The molecule has 0 radical (unpaired) electrons. The first-order chi connectivity index (χ1) is 10.4. The zero-order chi connectivity index (χ0) is 14.1. The number of oxazole rings is 1. The monoisotopic (exact) mass is 281 g/mol. The highest BCUT2D eigenvalue weighted by Gasteiger charge is 2.27. The molecule has 0 amide bonds. The number of nitrogens with zero attached hydrogens (tertiary/aromatic N) is 3. The highest BCUT2D eigenvalue weighted by molar-refractivity contribution is 5.74. The molecule has 0 spiro atoms. The first-order valence-corrected chi connectivity index (χ1v) is 7.06. The lowest BCUT2D eigenvalue weighted by atomic mass is 10.3. The predicted octanol–water partition coefficient (Wildman–Crippen LogP) is 2.88. The lowest BCUT2D eigenvalue weighted by Gasteiger charge is -2.14. The second kappa shape index (κ2) is 5.09. The summed E-state index contributed by atoms with van der Waals surface area (Å²) in [6.45, 7) is 1.67. The average molecular weight is 281 g/mol. The topological polar surface area (TPSA) is 51.4 Å². The van der Waals surface area contributed by atoms with E-state index in [1.165, 1.54) is 0 Å². The zero-order valence-electron chi connectivity index (χ0n) is 11.5. The number of para-hydroxylation sites is 2. The molecule has 0 aliphatic carbocycles. The van der Waals surface area contributed by atoms with E-state index in [9.17, 15) is 0 Å². The van der Waals surface area contributed by atoms with E-state index in [1.807, 2.05) is 36.4 Å². The van der Waals surface area contributed by atoms with Crippen molar-refractivity contribution in [1.29, 1.82) is 0 Å². The van der Waals surface area contributed by atoms with Gasteiger partial charge in [-0.1, -0.05) is 12.1 Å². The van der Waals surface area contributed by atoms with Crippen molar-refractivity contribution in [2.24, 2.45) is 0 Å². The van der Waals surface area contributed by atoms with Crippen LogP contribution in [0.5, 0.6) is 5.75 Å². The Bertz CT molecular complexity index is 708. The third-order valence-corrected chi connectivity index (χ3v) is 3.64. The van der Waals surface area contributed by atoms with E-state index < -0.39 is 0 Å². The molecule has 5 heteroatoms. The molecule has 0 unspecified atom stereocenters. The molecule has 1 aliphatic heterocycles. The summed E-state index contributed by atoms with van der Waals surface area (Å²) in [6, 6.07) is 12.3. The van der Waals surface area contributed by atoms with Crippen LogP contribution in [0.3, 0.4) is 0 Å². The first kappa shape index (κ1) is 12.2. The Morgan fingerprint density at radius 1 is 1.19 bits per heavy atom. The third-order valence-electron chi connectivity index (χ3n) is 3.64. The van der Waals surface area contributed by atoms with E-state index in [-0.39, 0.29) is 6.10 Å². The van der Waals surface area contributed by atoms with Gasteiger partial charge in [0.1, 0.15) is 17.4 Å². The zero-order valence-corrected chi connectivity index (χ0v) is 11.5. The fourth-order valence-electron chi connectivity index (χ4n) is 2.60. The molecule has 0 bridgehead atoms. The second-order valence-electron chi connectivity index (χ2n) is 5.13. The Kier molecular flexibility index (Phi) is 2.96. The summed E-state index contributed by atoms with van der Waals surface area (Å²) in [5.74, 6) is 0.807. The Morgan fingerprint density at radius 2 is 2.14 bits per heavy atom. The maximum atomic E-state index is 5.93. The molecule has 5 nitrogen and oxygen atoms in total. The number of hydrogen-bond donors (Lipinski definition) is 0. The maximum Gasteiger partial charge on any atom is 0.298 e. The fourth-order valence-corrected chi connectivity index (χ4v) is 2.60. The van der Waals surface area contributed by atoms with Crippen LogP contribution in [-0.2, 0) is 0 Å². The molecule has 3 aromatic rings. The van der Waals surface area contributed by atoms with E-state index in [2.05, 4.69) is 14.9 Å². The van der Waals surface area contributed by atoms with Gasteiger partial charge in [-0.3, -0.25) is 4.98 Å². The van der Waals surface area contributed by atoms with Gasteiger partial charge >= 0.3 is 0 Å². The van der Waals surface area contributed by atoms with Gasteiger partial charge in [0.15, 0.2) is 5.58 Å². The van der Waals surface area contributed by atoms with Gasteiger partial charge in [-0.05, 0) is 24.3 Å². The van der Waals surface area contributed by atoms with E-state index in [1.54, 1.807) is 12.4 Å². The smallest absolute Gasteiger partial charge is 0.298 e. The van der Waals surface area contributed by atoms with Crippen molar-refractivity contribution in [2.75, 3.05) is 18.0 Å². The number of benzene rings is 1. The summed E-state index contributed by atoms with van der Waals surface area (Å²) >= 11 is 0. The van der Waals surface area contributed by atoms with Crippen molar-refractivity contribution in [1.82, 2.24) is 9.97 Å². The van der Waals surface area contributed by atoms with Gasteiger partial charge in [0, 0.05) is 19.2 Å². The van der Waals surface area contributed by atoms with Gasteiger partial charge < -0.3 is 14.1 Å². The molecule has 3 heterocycles. The molecule has 1 saturated heterocycles. The summed E-state index contributed by atoms with van der Waals surface area (Å²) in [5, 5.41) is 0. The van der Waals surface area contributed by atoms with Crippen molar-refractivity contribution in [3.05, 3.63) is 48.8 Å². The highest BCUT2D eigenvalue weighted by Crippen LogP contribution is 2.26. The van der Waals surface area contributed by atoms with E-state index in [0.29, 0.717) is 6.01 Å². The summed E-state index contributed by atoms with van der Waals surface area (Å²) in [5.41, 5.74) is 1.72. The molecule has 4 rings (SSSR count). The summed E-state index contributed by atoms with van der Waals surface area (Å²) in [4.78, 5) is 10.7. The van der Waals surface area contributed by atoms with E-state index in [0.717, 1.165) is 36.4 Å². The van der Waals surface area contributed by atoms with Crippen molar-refractivity contribution in [3.63, 3.8) is 0 Å². The summed E-state index contributed by atoms with van der Waals surface area (Å²) in [7, 11) is 0. The minimum absolute atomic E-state index is 0.143. The van der Waals surface area contributed by atoms with Crippen molar-refractivity contribution in [3.8, 4) is 5.75 Å². The molecule has 0 saturated carbocycles. The van der Waals surface area contributed by atoms with E-state index in [4.69, 9.17) is 9.15 Å². The largest absolute Gasteiger partial charge is 0.487 e. The van der Waals surface area contributed by atoms with E-state index >= 15 is 0 Å². The number of aromatic nitrogens is 2. The number of rotatable bonds is 3. The lowest BCUT2D eigenvalue weighted by Crippen LogP contribution is -2.24. The fraction of sp³-hybridized carbons (Fsp3) is 0.250. The van der Waals surface area contributed by atoms with Gasteiger partial charge in [-0.25, -0.2) is 0 Å². The van der Waals surface area contributed by atoms with Crippen LogP contribution in [0.4, 0.5) is 6.01 Å². The summed E-state index contributed by atoms with van der Waals surface area (Å²) < 4.78 is 11.7. The lowest BCUT2D eigenvalue weighted by molar-refractivity contribution is 0.223. The predicted molar refractivity (Wildman–Crippen MR) is 79.5 cm³/mol. The summed E-state index contributed by atoms with van der Waals surface area (Å²) in [6.07, 6.45) is 4.58. The number of hydrogen-bond acceptors (Lipinski definition) is 5. The molecule has 1 aliphatic rings. The number of fused-ring (bicyclic) bond motifs is 1. The number of ether oxygens (including phenoxy) is 1. The van der Waals surface area contributed by atoms with Gasteiger partial charge in [-0.15, -0.1) is 0 Å². The highest BCUT2D eigenvalue weighted by atomic mass is 16.5. The van der Waals surface area contributed by atoms with Gasteiger partial charge in [0.25, 0.3) is 6.01 Å². The minimum atomic E-state index is 0.143. The van der Waals surface area contributed by atoms with Crippen LogP contribution in [0.15, 0.2) is 53.2 Å². The molecule has 1 atom stereocenters. The Hall–Kier alpha value is -2.56. The SMILES string of the molecule is c1cncc(O[C@@H]2CCN(c3nc4ccccc4o3)C2)c1. The molecular weight excluding hydrogens is 266 g/mol. The molecule has 0 N–H and O–H groups in total. The van der Waals surface area contributed by atoms with Crippen LogP contribution in [-0.4, -0.2) is 29.2 Å². The first-order valence-electron chi connectivity index (χ1n) is 7.06. The average Bonchev–Trinajstić information content (AvgIpc) is 3.14. The van der Waals surface area contributed by atoms with Crippen LogP contribution >= 0.6 is 0 Å². The standard InChI is InChI=1S/C16H15N3O2/c1-2-6-15-14(5-1)18-16(21-15)19-9-7-13(11-19)20-12-4-3-8-17-10-12/h1-6,8,10,13H,7,9,11H2/t13-/m1/s1. The minimum Gasteiger partial charge on any atom is -0.487 e. The van der Waals surface area contributed by atoms with Gasteiger partial charge in [0.2, 0.25) is 0 Å². The van der Waals surface area contributed by atoms with Gasteiger partial charge in [0.05, 0.1) is 12.7 Å². The van der Waals surface area contributed by atoms with Crippen LogP contribution < -0.4 is 9.64 Å². The number of anilines is 1. The normalized spacial score (nSPS) is 18.3. The van der Waals surface area contributed by atoms with Crippen LogP contribution in [0.1, 0.15) is 6.42 Å². The van der Waals surface area contributed by atoms with Crippen molar-refractivity contribution < 1.29 is 9.15 Å². The second-order valence-corrected chi connectivity index (χ2v) is 5.13.